The Morgan fingerprint density at radius 1 is 1.23 bits per heavy atom. The smallest absolute Gasteiger partial charge is 0.382 e. The fraction of sp³-hybridized carbons (Fsp3) is 0.429. The van der Waals surface area contributed by atoms with Crippen LogP contribution in [0.25, 0.3) is 11.3 Å². The molecule has 0 saturated carbocycles. The zero-order chi connectivity index (χ0) is 15.7. The third kappa shape index (κ3) is 3.12. The molecule has 1 saturated heterocycles. The first-order valence-electron chi connectivity index (χ1n) is 6.88. The molecular weight excluding hydrogens is 297 g/mol. The number of aliphatic hydroxyl groups excluding tert-OH is 1. The van der Waals surface area contributed by atoms with Gasteiger partial charge in [-0.1, -0.05) is 35.5 Å². The van der Waals surface area contributed by atoms with Gasteiger partial charge in [-0.05, 0) is 0 Å². The van der Waals surface area contributed by atoms with Crippen molar-refractivity contribution >= 4 is 0 Å². The van der Waals surface area contributed by atoms with E-state index < -0.39 is 18.8 Å². The summed E-state index contributed by atoms with van der Waals surface area (Å²) in [6.07, 6.45) is -5.08. The molecule has 0 spiro atoms. The molecule has 2 heterocycles. The van der Waals surface area contributed by atoms with E-state index in [9.17, 15) is 13.2 Å². The summed E-state index contributed by atoms with van der Waals surface area (Å²) in [5.41, 5.74) is 1.67. The summed E-state index contributed by atoms with van der Waals surface area (Å²) < 4.78 is 38.5. The van der Waals surface area contributed by atoms with Crippen molar-refractivity contribution in [3.8, 4) is 11.3 Å². The zero-order valence-electron chi connectivity index (χ0n) is 11.6. The number of alkyl halides is 3. The molecule has 118 valence electrons. The molecule has 1 aliphatic rings. The number of halogens is 3. The predicted octanol–water partition coefficient (Wildman–Crippen LogP) is 1.72. The summed E-state index contributed by atoms with van der Waals surface area (Å²) in [6, 6.07) is 9.53. The van der Waals surface area contributed by atoms with Crippen molar-refractivity contribution in [2.24, 2.45) is 0 Å². The lowest BCUT2D eigenvalue weighted by atomic mass is 10.1. The zero-order valence-corrected chi connectivity index (χ0v) is 11.6. The molecule has 0 bridgehead atoms. The summed E-state index contributed by atoms with van der Waals surface area (Å²) in [5.74, 6) is 0. The quantitative estimate of drug-likeness (QED) is 0.934. The molecule has 5 nitrogen and oxygen atoms in total. The van der Waals surface area contributed by atoms with Crippen molar-refractivity contribution in [1.29, 1.82) is 0 Å². The second kappa shape index (κ2) is 5.69. The highest BCUT2D eigenvalue weighted by atomic mass is 19.4. The van der Waals surface area contributed by atoms with E-state index in [-0.39, 0.29) is 6.04 Å². The molecule has 2 aromatic rings. The van der Waals surface area contributed by atoms with E-state index in [4.69, 9.17) is 5.11 Å². The average Bonchev–Trinajstić information content (AvgIpc) is 2.91. The minimum absolute atomic E-state index is 0.00889. The Morgan fingerprint density at radius 2 is 1.91 bits per heavy atom. The Labute approximate surface area is 125 Å². The molecule has 1 fully saturated rings. The lowest BCUT2D eigenvalue weighted by Gasteiger charge is -2.39. The van der Waals surface area contributed by atoms with Crippen LogP contribution in [0.1, 0.15) is 6.04 Å². The molecule has 1 N–H and O–H groups in total. The summed E-state index contributed by atoms with van der Waals surface area (Å²) in [4.78, 5) is 1.55. The first-order valence-corrected chi connectivity index (χ1v) is 6.88. The molecule has 0 amide bonds. The Balaban J connectivity index is 1.57. The normalized spacial score (nSPS) is 18.2. The Bertz CT molecular complexity index is 623. The number of nitrogens with zero attached hydrogens (tertiary/aromatic N) is 4. The van der Waals surface area contributed by atoms with Crippen molar-refractivity contribution in [2.75, 3.05) is 19.6 Å². The van der Waals surface area contributed by atoms with Crippen molar-refractivity contribution in [3.05, 3.63) is 36.5 Å². The monoisotopic (exact) mass is 312 g/mol. The minimum atomic E-state index is -4.57. The number of rotatable bonds is 4. The number of likely N-dealkylation sites (tertiary alicyclic amines) is 1. The fourth-order valence-electron chi connectivity index (χ4n) is 2.40. The number of aromatic nitrogens is 3. The topological polar surface area (TPSA) is 54.2 Å². The van der Waals surface area contributed by atoms with Gasteiger partial charge in [0.25, 0.3) is 0 Å². The first-order chi connectivity index (χ1) is 10.4. The first kappa shape index (κ1) is 15.0. The van der Waals surface area contributed by atoms with Crippen LogP contribution in [0.4, 0.5) is 13.2 Å². The van der Waals surface area contributed by atoms with Gasteiger partial charge in [0, 0.05) is 25.2 Å². The molecule has 0 unspecified atom stereocenters. The molecule has 1 atom stereocenters. The molecule has 1 aromatic carbocycles. The van der Waals surface area contributed by atoms with Crippen LogP contribution in [-0.4, -0.2) is 56.9 Å². The van der Waals surface area contributed by atoms with E-state index in [1.807, 2.05) is 30.3 Å². The summed E-state index contributed by atoms with van der Waals surface area (Å²) in [5, 5.41) is 17.1. The summed E-state index contributed by atoms with van der Waals surface area (Å²) in [7, 11) is 0. The minimum Gasteiger partial charge on any atom is -0.382 e. The maximum Gasteiger partial charge on any atom is 0.415 e. The third-order valence-electron chi connectivity index (χ3n) is 3.70. The largest absolute Gasteiger partial charge is 0.415 e. The number of benzene rings is 1. The van der Waals surface area contributed by atoms with Crippen LogP contribution in [-0.2, 0) is 0 Å². The van der Waals surface area contributed by atoms with Crippen LogP contribution in [0.15, 0.2) is 36.5 Å². The summed E-state index contributed by atoms with van der Waals surface area (Å²) in [6.45, 7) is 0.440. The van der Waals surface area contributed by atoms with Gasteiger partial charge in [-0.25, -0.2) is 4.68 Å². The standard InChI is InChI=1S/C14H15F3N4O/c15-14(16,17)13(22)9-20-6-11(7-20)21-8-12(18-19-21)10-4-2-1-3-5-10/h1-5,8,11,13,22H,6-7,9H2/t13-/m1/s1. The predicted molar refractivity (Wildman–Crippen MR) is 73.0 cm³/mol. The van der Waals surface area contributed by atoms with Crippen LogP contribution in [0.3, 0.4) is 0 Å². The second-order valence-electron chi connectivity index (χ2n) is 5.38. The van der Waals surface area contributed by atoms with E-state index >= 15 is 0 Å². The van der Waals surface area contributed by atoms with Crippen LogP contribution >= 0.6 is 0 Å². The second-order valence-corrected chi connectivity index (χ2v) is 5.38. The van der Waals surface area contributed by atoms with Crippen molar-refractivity contribution < 1.29 is 18.3 Å². The maximum atomic E-state index is 12.3. The molecular formula is C14H15F3N4O. The van der Waals surface area contributed by atoms with Gasteiger partial charge in [-0.3, -0.25) is 4.90 Å². The molecule has 1 aromatic heterocycles. The van der Waals surface area contributed by atoms with Gasteiger partial charge < -0.3 is 5.11 Å². The van der Waals surface area contributed by atoms with Crippen molar-refractivity contribution in [2.45, 2.75) is 18.3 Å². The van der Waals surface area contributed by atoms with Gasteiger partial charge in [0.2, 0.25) is 0 Å². The maximum absolute atomic E-state index is 12.3. The lowest BCUT2D eigenvalue weighted by molar-refractivity contribution is -0.211. The van der Waals surface area contributed by atoms with Gasteiger partial charge in [0.1, 0.15) is 5.69 Å². The molecule has 8 heteroatoms. The van der Waals surface area contributed by atoms with E-state index in [0.29, 0.717) is 13.1 Å². The van der Waals surface area contributed by atoms with Crippen molar-refractivity contribution in [1.82, 2.24) is 19.9 Å². The molecule has 0 aliphatic carbocycles. The van der Waals surface area contributed by atoms with E-state index in [0.717, 1.165) is 11.3 Å². The highest BCUT2D eigenvalue weighted by Crippen LogP contribution is 2.26. The highest BCUT2D eigenvalue weighted by molar-refractivity contribution is 5.57. The Hall–Kier alpha value is -1.93. The third-order valence-corrected chi connectivity index (χ3v) is 3.70. The molecule has 22 heavy (non-hydrogen) atoms. The number of aliphatic hydroxyl groups is 1. The Kier molecular flexibility index (Phi) is 3.88. The molecule has 3 rings (SSSR count). The number of hydrogen-bond donors (Lipinski definition) is 1. The Morgan fingerprint density at radius 3 is 2.55 bits per heavy atom. The van der Waals surface area contributed by atoms with Crippen LogP contribution < -0.4 is 0 Å². The van der Waals surface area contributed by atoms with Gasteiger partial charge in [0.05, 0.1) is 12.2 Å². The van der Waals surface area contributed by atoms with Gasteiger partial charge >= 0.3 is 6.18 Å². The number of β-amino-alcohol motifs (C(OH)–C–C–N with tert-alkyl or cyclic N) is 1. The SMILES string of the molecule is O[C@H](CN1CC(n2cc(-c3ccccc3)nn2)C1)C(F)(F)F. The van der Waals surface area contributed by atoms with Crippen molar-refractivity contribution in [3.63, 3.8) is 0 Å². The summed E-state index contributed by atoms with van der Waals surface area (Å²) >= 11 is 0. The average molecular weight is 312 g/mol. The lowest BCUT2D eigenvalue weighted by Crippen LogP contribution is -2.52. The molecule has 1 aliphatic heterocycles. The molecule has 0 radical (unpaired) electrons. The van der Waals surface area contributed by atoms with E-state index in [2.05, 4.69) is 10.3 Å². The van der Waals surface area contributed by atoms with Gasteiger partial charge in [-0.15, -0.1) is 5.10 Å². The van der Waals surface area contributed by atoms with E-state index in [1.165, 1.54) is 0 Å². The van der Waals surface area contributed by atoms with E-state index in [1.54, 1.807) is 15.8 Å². The van der Waals surface area contributed by atoms with Crippen LogP contribution in [0.2, 0.25) is 0 Å². The van der Waals surface area contributed by atoms with Gasteiger partial charge in [0.15, 0.2) is 6.10 Å². The van der Waals surface area contributed by atoms with Crippen LogP contribution in [0.5, 0.6) is 0 Å². The number of hydrogen-bond acceptors (Lipinski definition) is 4. The van der Waals surface area contributed by atoms with Gasteiger partial charge in [-0.2, -0.15) is 13.2 Å². The highest BCUT2D eigenvalue weighted by Gasteiger charge is 2.41. The fourth-order valence-corrected chi connectivity index (χ4v) is 2.40. The van der Waals surface area contributed by atoms with Crippen LogP contribution in [0, 0.1) is 0 Å².